The first kappa shape index (κ1) is 16.7. The van der Waals surface area contributed by atoms with Crippen LogP contribution >= 0.6 is 23.5 Å². The van der Waals surface area contributed by atoms with Crippen LogP contribution in [0.2, 0.25) is 0 Å². The van der Waals surface area contributed by atoms with Crippen molar-refractivity contribution in [2.75, 3.05) is 23.9 Å². The third kappa shape index (κ3) is 7.11. The maximum atomic E-state index is 11.6. The van der Waals surface area contributed by atoms with Gasteiger partial charge in [-0.2, -0.15) is 11.8 Å². The van der Waals surface area contributed by atoms with Crippen LogP contribution < -0.4 is 0 Å². The lowest BCUT2D eigenvalue weighted by Gasteiger charge is -2.19. The van der Waals surface area contributed by atoms with Crippen molar-refractivity contribution < 1.29 is 19.1 Å². The Morgan fingerprint density at radius 2 is 2.05 bits per heavy atom. The average molecular weight is 306 g/mol. The summed E-state index contributed by atoms with van der Waals surface area (Å²) in [6.45, 7) is 3.42. The molecule has 0 radical (unpaired) electrons. The van der Waals surface area contributed by atoms with Crippen molar-refractivity contribution in [2.24, 2.45) is 5.92 Å². The Bertz CT molecular complexity index is 288. The maximum Gasteiger partial charge on any atom is 0.345 e. The van der Waals surface area contributed by atoms with E-state index in [1.54, 1.807) is 30.4 Å². The summed E-state index contributed by atoms with van der Waals surface area (Å²) in [4.78, 5) is 23.0. The molecule has 1 fully saturated rings. The standard InChI is InChI=1S/C13H22O4S2/c1-3-10(2)13(15)16-8-11(14)17-12-9-18-6-4-5-7-19-12/h10,12H,3-9H2,1-2H3. The summed E-state index contributed by atoms with van der Waals surface area (Å²) in [5, 5.41) is 0. The Kier molecular flexibility index (Phi) is 8.37. The van der Waals surface area contributed by atoms with Crippen LogP contribution in [0, 0.1) is 5.92 Å². The second-order valence-electron chi connectivity index (χ2n) is 4.49. The Morgan fingerprint density at radius 3 is 2.79 bits per heavy atom. The summed E-state index contributed by atoms with van der Waals surface area (Å²) in [5.41, 5.74) is -0.111. The zero-order valence-electron chi connectivity index (χ0n) is 11.6. The fourth-order valence-electron chi connectivity index (χ4n) is 1.44. The number of carbonyl (C=O) groups is 2. The van der Waals surface area contributed by atoms with Crippen LogP contribution in [0.3, 0.4) is 0 Å². The SMILES string of the molecule is CCC(C)C(=O)OCC(=O)OC1CSCCCCS1. The molecule has 6 heteroatoms. The Balaban J connectivity index is 2.23. The van der Waals surface area contributed by atoms with Gasteiger partial charge in [0.2, 0.25) is 0 Å². The first-order valence-electron chi connectivity index (χ1n) is 6.69. The zero-order valence-corrected chi connectivity index (χ0v) is 13.2. The van der Waals surface area contributed by atoms with Gasteiger partial charge in [-0.25, -0.2) is 4.79 Å². The van der Waals surface area contributed by atoms with E-state index in [0.717, 1.165) is 23.7 Å². The minimum atomic E-state index is -0.449. The van der Waals surface area contributed by atoms with Gasteiger partial charge in [0.1, 0.15) is 0 Å². The zero-order chi connectivity index (χ0) is 14.1. The van der Waals surface area contributed by atoms with Gasteiger partial charge in [0, 0.05) is 5.75 Å². The fourth-order valence-corrected chi connectivity index (χ4v) is 3.75. The van der Waals surface area contributed by atoms with Crippen molar-refractivity contribution in [3.8, 4) is 0 Å². The second kappa shape index (κ2) is 9.53. The number of thioether (sulfide) groups is 2. The second-order valence-corrected chi connectivity index (χ2v) is 6.91. The van der Waals surface area contributed by atoms with Crippen molar-refractivity contribution in [1.29, 1.82) is 0 Å². The Morgan fingerprint density at radius 1 is 1.32 bits per heavy atom. The van der Waals surface area contributed by atoms with Crippen molar-refractivity contribution in [1.82, 2.24) is 0 Å². The molecule has 0 aliphatic carbocycles. The van der Waals surface area contributed by atoms with Gasteiger partial charge in [-0.1, -0.05) is 13.8 Å². The van der Waals surface area contributed by atoms with Gasteiger partial charge < -0.3 is 9.47 Å². The van der Waals surface area contributed by atoms with E-state index in [0.29, 0.717) is 6.42 Å². The number of carbonyl (C=O) groups excluding carboxylic acids is 2. The molecule has 1 rings (SSSR count). The number of rotatable bonds is 5. The van der Waals surface area contributed by atoms with E-state index in [9.17, 15) is 9.59 Å². The van der Waals surface area contributed by atoms with E-state index >= 15 is 0 Å². The molecule has 0 saturated carbocycles. The molecular formula is C13H22O4S2. The van der Waals surface area contributed by atoms with Gasteiger partial charge in [-0.05, 0) is 30.8 Å². The number of ether oxygens (including phenoxy) is 2. The molecule has 4 nitrogen and oxygen atoms in total. The lowest BCUT2D eigenvalue weighted by Crippen LogP contribution is -2.25. The molecular weight excluding hydrogens is 284 g/mol. The van der Waals surface area contributed by atoms with Crippen LogP contribution in [0.25, 0.3) is 0 Å². The number of hydrogen-bond acceptors (Lipinski definition) is 6. The molecule has 0 aromatic carbocycles. The van der Waals surface area contributed by atoms with Gasteiger partial charge in [0.05, 0.1) is 5.92 Å². The third-order valence-electron chi connectivity index (χ3n) is 2.85. The monoisotopic (exact) mass is 306 g/mol. The van der Waals surface area contributed by atoms with Crippen LogP contribution in [0.4, 0.5) is 0 Å². The normalized spacial score (nSPS) is 21.9. The molecule has 2 atom stereocenters. The summed E-state index contributed by atoms with van der Waals surface area (Å²) in [6.07, 6.45) is 3.10. The van der Waals surface area contributed by atoms with Crippen LogP contribution in [0.5, 0.6) is 0 Å². The fraction of sp³-hybridized carbons (Fsp3) is 0.846. The highest BCUT2D eigenvalue weighted by molar-refractivity contribution is 8.03. The van der Waals surface area contributed by atoms with Crippen molar-refractivity contribution >= 4 is 35.5 Å². The quantitative estimate of drug-likeness (QED) is 0.728. The third-order valence-corrected chi connectivity index (χ3v) is 5.34. The molecule has 0 spiro atoms. The highest BCUT2D eigenvalue weighted by Crippen LogP contribution is 2.23. The molecule has 19 heavy (non-hydrogen) atoms. The highest BCUT2D eigenvalue weighted by Gasteiger charge is 2.19. The van der Waals surface area contributed by atoms with Crippen molar-refractivity contribution in [2.45, 2.75) is 38.5 Å². The van der Waals surface area contributed by atoms with Crippen LogP contribution in [-0.4, -0.2) is 41.2 Å². The highest BCUT2D eigenvalue weighted by atomic mass is 32.2. The predicted molar refractivity (Wildman–Crippen MR) is 79.3 cm³/mol. The van der Waals surface area contributed by atoms with Gasteiger partial charge in [-0.15, -0.1) is 11.8 Å². The lowest BCUT2D eigenvalue weighted by molar-refractivity contribution is -0.161. The average Bonchev–Trinajstić information content (AvgIpc) is 2.38. The van der Waals surface area contributed by atoms with Gasteiger partial charge in [0.25, 0.3) is 0 Å². The van der Waals surface area contributed by atoms with E-state index in [1.165, 1.54) is 6.42 Å². The molecule has 0 amide bonds. The molecule has 0 N–H and O–H groups in total. The van der Waals surface area contributed by atoms with Crippen LogP contribution in [-0.2, 0) is 19.1 Å². The van der Waals surface area contributed by atoms with E-state index in [2.05, 4.69) is 0 Å². The first-order chi connectivity index (χ1) is 9.13. The molecule has 1 aliphatic heterocycles. The molecule has 0 bridgehead atoms. The van der Waals surface area contributed by atoms with E-state index in [-0.39, 0.29) is 23.9 Å². The largest absolute Gasteiger partial charge is 0.453 e. The topological polar surface area (TPSA) is 52.6 Å². The molecule has 1 aliphatic rings. The summed E-state index contributed by atoms with van der Waals surface area (Å²) in [7, 11) is 0. The van der Waals surface area contributed by atoms with Gasteiger partial charge in [-0.3, -0.25) is 4.79 Å². The van der Waals surface area contributed by atoms with Crippen molar-refractivity contribution in [3.05, 3.63) is 0 Å². The summed E-state index contributed by atoms with van der Waals surface area (Å²) in [5.74, 6) is 2.01. The van der Waals surface area contributed by atoms with Gasteiger partial charge in [0.15, 0.2) is 12.0 Å². The maximum absolute atomic E-state index is 11.6. The van der Waals surface area contributed by atoms with E-state index in [1.807, 2.05) is 6.92 Å². The first-order valence-corrected chi connectivity index (χ1v) is 8.89. The summed E-state index contributed by atoms with van der Waals surface area (Å²) >= 11 is 3.47. The molecule has 1 saturated heterocycles. The molecule has 2 unspecified atom stereocenters. The number of hydrogen-bond donors (Lipinski definition) is 0. The lowest BCUT2D eigenvalue weighted by atomic mass is 10.1. The van der Waals surface area contributed by atoms with E-state index in [4.69, 9.17) is 9.47 Å². The Labute approximate surface area is 123 Å². The van der Waals surface area contributed by atoms with Gasteiger partial charge >= 0.3 is 11.9 Å². The minimum Gasteiger partial charge on any atom is -0.453 e. The molecule has 110 valence electrons. The minimum absolute atomic E-state index is 0.111. The Hall–Kier alpha value is -0.360. The molecule has 0 aromatic heterocycles. The smallest absolute Gasteiger partial charge is 0.345 e. The van der Waals surface area contributed by atoms with Crippen LogP contribution in [0.1, 0.15) is 33.1 Å². The van der Waals surface area contributed by atoms with E-state index < -0.39 is 5.97 Å². The molecule has 0 aromatic rings. The predicted octanol–water partition coefficient (Wildman–Crippen LogP) is 2.71. The van der Waals surface area contributed by atoms with Crippen molar-refractivity contribution in [3.63, 3.8) is 0 Å². The summed E-state index contributed by atoms with van der Waals surface area (Å²) < 4.78 is 10.2. The number of esters is 2. The van der Waals surface area contributed by atoms with Crippen LogP contribution in [0.15, 0.2) is 0 Å². The summed E-state index contributed by atoms with van der Waals surface area (Å²) in [6, 6.07) is 0. The molecule has 1 heterocycles.